The van der Waals surface area contributed by atoms with Gasteiger partial charge in [0.25, 0.3) is 0 Å². The van der Waals surface area contributed by atoms with Gasteiger partial charge in [0.1, 0.15) is 12.6 Å². The van der Waals surface area contributed by atoms with Crippen molar-refractivity contribution in [2.24, 2.45) is 7.05 Å². The number of aryl methyl sites for hydroxylation is 1. The summed E-state index contributed by atoms with van der Waals surface area (Å²) < 4.78 is 1.83. The van der Waals surface area contributed by atoms with E-state index in [9.17, 15) is 14.4 Å². The fourth-order valence-corrected chi connectivity index (χ4v) is 4.17. The zero-order valence-corrected chi connectivity index (χ0v) is 16.6. The van der Waals surface area contributed by atoms with Crippen molar-refractivity contribution in [3.63, 3.8) is 0 Å². The number of aromatic nitrogens is 2. The molecule has 2 heterocycles. The number of carbonyl (C=O) groups excluding carboxylic acids is 3. The first-order valence-electron chi connectivity index (χ1n) is 9.86. The molecule has 0 spiro atoms. The average Bonchev–Trinajstić information content (AvgIpc) is 3.05. The smallest absolute Gasteiger partial charge is 0.228 e. The number of piperidine rings is 1. The number of aldehydes is 2. The number of carbonyl (C=O) groups is 3. The number of fused-ring (bicyclic) bond motifs is 1. The van der Waals surface area contributed by atoms with Gasteiger partial charge in [-0.1, -0.05) is 12.1 Å². The van der Waals surface area contributed by atoms with E-state index in [-0.39, 0.29) is 5.91 Å². The first-order chi connectivity index (χ1) is 13.6. The van der Waals surface area contributed by atoms with Crippen molar-refractivity contribution in [2.75, 3.05) is 26.7 Å². The van der Waals surface area contributed by atoms with E-state index in [1.165, 1.54) is 5.56 Å². The molecule has 0 bridgehead atoms. The van der Waals surface area contributed by atoms with Crippen LogP contribution in [-0.2, 0) is 21.4 Å². The van der Waals surface area contributed by atoms with Crippen molar-refractivity contribution in [1.82, 2.24) is 20.0 Å². The molecule has 1 amide bonds. The highest BCUT2D eigenvalue weighted by Crippen LogP contribution is 2.33. The maximum atomic E-state index is 12.4. The van der Waals surface area contributed by atoms with Gasteiger partial charge in [-0.2, -0.15) is 5.10 Å². The molecule has 1 N–H and O–H groups in total. The number of nitrogens with one attached hydrogen (secondary N) is 1. The summed E-state index contributed by atoms with van der Waals surface area (Å²) in [7, 11) is 3.50. The van der Waals surface area contributed by atoms with Crippen molar-refractivity contribution in [3.8, 4) is 0 Å². The summed E-state index contributed by atoms with van der Waals surface area (Å²) in [4.78, 5) is 36.1. The molecule has 0 saturated carbocycles. The quantitative estimate of drug-likeness (QED) is 0.701. The van der Waals surface area contributed by atoms with Gasteiger partial charge < -0.3 is 14.9 Å². The lowest BCUT2D eigenvalue weighted by Crippen LogP contribution is -2.34. The van der Waals surface area contributed by atoms with Gasteiger partial charge in [0.2, 0.25) is 5.91 Å². The average molecular weight is 384 g/mol. The molecule has 0 radical (unpaired) electrons. The highest BCUT2D eigenvalue weighted by molar-refractivity contribution is 5.91. The molecular formula is C21H28N4O3. The number of likely N-dealkylation sites (tertiary alicyclic amines) is 1. The third-order valence-electron chi connectivity index (χ3n) is 5.76. The van der Waals surface area contributed by atoms with Crippen molar-refractivity contribution in [2.45, 2.75) is 37.5 Å². The molecule has 3 rings (SSSR count). The Balaban J connectivity index is 1.87. The minimum absolute atomic E-state index is 0.117. The van der Waals surface area contributed by atoms with Crippen LogP contribution in [0.5, 0.6) is 0 Å². The molecule has 150 valence electrons. The zero-order chi connectivity index (χ0) is 20.1. The van der Waals surface area contributed by atoms with Crippen molar-refractivity contribution < 1.29 is 14.4 Å². The van der Waals surface area contributed by atoms with Crippen LogP contribution in [0.4, 0.5) is 0 Å². The molecule has 2 aromatic rings. The third-order valence-corrected chi connectivity index (χ3v) is 5.76. The van der Waals surface area contributed by atoms with Crippen LogP contribution < -0.4 is 5.32 Å². The monoisotopic (exact) mass is 384 g/mol. The zero-order valence-electron chi connectivity index (χ0n) is 16.6. The summed E-state index contributed by atoms with van der Waals surface area (Å²) in [6.07, 6.45) is 4.65. The number of likely N-dealkylation sites (N-methyl/N-ethyl adjacent to an activating group) is 1. The summed E-state index contributed by atoms with van der Waals surface area (Å²) in [6.45, 7) is 2.38. The van der Waals surface area contributed by atoms with Gasteiger partial charge in [-0.05, 0) is 49.9 Å². The molecule has 1 fully saturated rings. The van der Waals surface area contributed by atoms with Gasteiger partial charge in [-0.3, -0.25) is 14.4 Å². The van der Waals surface area contributed by atoms with E-state index in [2.05, 4.69) is 33.5 Å². The van der Waals surface area contributed by atoms with E-state index in [1.807, 2.05) is 11.7 Å². The molecular weight excluding hydrogens is 356 g/mol. The van der Waals surface area contributed by atoms with E-state index >= 15 is 0 Å². The van der Waals surface area contributed by atoms with Gasteiger partial charge in [-0.25, -0.2) is 0 Å². The molecule has 1 saturated heterocycles. The van der Waals surface area contributed by atoms with Crippen LogP contribution in [0.25, 0.3) is 10.9 Å². The second-order valence-electron chi connectivity index (χ2n) is 7.44. The normalized spacial score (nSPS) is 16.8. The lowest BCUT2D eigenvalue weighted by molar-refractivity contribution is -0.122. The van der Waals surface area contributed by atoms with E-state index in [0.717, 1.165) is 55.1 Å². The summed E-state index contributed by atoms with van der Waals surface area (Å²) >= 11 is 0. The lowest BCUT2D eigenvalue weighted by Gasteiger charge is -2.30. The number of hydrogen-bond acceptors (Lipinski definition) is 5. The Bertz CT molecular complexity index is 853. The predicted molar refractivity (Wildman–Crippen MR) is 107 cm³/mol. The van der Waals surface area contributed by atoms with Crippen LogP contribution in [-0.4, -0.2) is 59.8 Å². The van der Waals surface area contributed by atoms with Gasteiger partial charge in [0.05, 0.1) is 23.7 Å². The van der Waals surface area contributed by atoms with Crippen LogP contribution in [0.3, 0.4) is 0 Å². The lowest BCUT2D eigenvalue weighted by atomic mass is 9.88. The maximum absolute atomic E-state index is 12.4. The molecule has 1 aromatic heterocycles. The Labute approximate surface area is 165 Å². The molecule has 1 aromatic carbocycles. The molecule has 1 aliphatic rings. The number of amides is 1. The summed E-state index contributed by atoms with van der Waals surface area (Å²) in [6, 6.07) is 6.36. The Morgan fingerprint density at radius 1 is 1.29 bits per heavy atom. The van der Waals surface area contributed by atoms with Crippen LogP contribution in [0.1, 0.15) is 48.8 Å². The van der Waals surface area contributed by atoms with E-state index in [0.29, 0.717) is 25.3 Å². The molecule has 7 heteroatoms. The number of rotatable bonds is 8. The molecule has 1 unspecified atom stereocenters. The fourth-order valence-electron chi connectivity index (χ4n) is 4.17. The largest absolute Gasteiger partial charge is 0.359 e. The highest BCUT2D eigenvalue weighted by Gasteiger charge is 2.26. The first kappa shape index (κ1) is 20.2. The summed E-state index contributed by atoms with van der Waals surface area (Å²) in [5.74, 6) is -0.0831. The first-order valence-corrected chi connectivity index (χ1v) is 9.86. The van der Waals surface area contributed by atoms with Gasteiger partial charge in [0.15, 0.2) is 0 Å². The highest BCUT2D eigenvalue weighted by atomic mass is 16.2. The maximum Gasteiger partial charge on any atom is 0.228 e. The molecule has 28 heavy (non-hydrogen) atoms. The minimum Gasteiger partial charge on any atom is -0.359 e. The van der Waals surface area contributed by atoms with Crippen molar-refractivity contribution in [3.05, 3.63) is 29.5 Å². The Morgan fingerprint density at radius 3 is 2.68 bits per heavy atom. The second-order valence-corrected chi connectivity index (χ2v) is 7.44. The Hall–Kier alpha value is -2.54. The minimum atomic E-state index is -0.434. The predicted octanol–water partition coefficient (Wildman–Crippen LogP) is 1.76. The van der Waals surface area contributed by atoms with Gasteiger partial charge >= 0.3 is 0 Å². The van der Waals surface area contributed by atoms with Crippen LogP contribution in [0.2, 0.25) is 0 Å². The number of nitrogens with zero attached hydrogens (tertiary/aromatic N) is 3. The SMILES string of the molecule is CNC(=O)C(CCC=O)c1nn(C)c2cc(C3CCN(CC=O)CC3)ccc12. The summed E-state index contributed by atoms with van der Waals surface area (Å²) in [5.41, 5.74) is 3.01. The topological polar surface area (TPSA) is 84.3 Å². The van der Waals surface area contributed by atoms with Crippen LogP contribution in [0, 0.1) is 0 Å². The van der Waals surface area contributed by atoms with Crippen LogP contribution in [0.15, 0.2) is 18.2 Å². The molecule has 7 nitrogen and oxygen atoms in total. The van der Waals surface area contributed by atoms with Crippen molar-refractivity contribution >= 4 is 29.4 Å². The number of benzene rings is 1. The van der Waals surface area contributed by atoms with E-state index in [4.69, 9.17) is 0 Å². The Morgan fingerprint density at radius 2 is 2.04 bits per heavy atom. The second kappa shape index (κ2) is 9.10. The number of hydrogen-bond donors (Lipinski definition) is 1. The standard InChI is InChI=1S/C21H28N4O3/c1-22-21(28)18(4-3-12-26)20-17-6-5-16(14-19(17)24(2)23-20)15-7-9-25(10-8-15)11-13-27/h5-6,12-15,18H,3-4,7-11H2,1-2H3,(H,22,28). The van der Waals surface area contributed by atoms with Gasteiger partial charge in [-0.15, -0.1) is 0 Å². The third kappa shape index (κ3) is 4.14. The fraction of sp³-hybridized carbons (Fsp3) is 0.524. The van der Waals surface area contributed by atoms with E-state index < -0.39 is 5.92 Å². The van der Waals surface area contributed by atoms with Crippen LogP contribution >= 0.6 is 0 Å². The van der Waals surface area contributed by atoms with Gasteiger partial charge in [0, 0.05) is 25.9 Å². The molecule has 1 aliphatic heterocycles. The van der Waals surface area contributed by atoms with Crippen molar-refractivity contribution in [1.29, 1.82) is 0 Å². The Kier molecular flexibility index (Phi) is 6.57. The molecule has 1 atom stereocenters. The molecule has 0 aliphatic carbocycles. The van der Waals surface area contributed by atoms with E-state index in [1.54, 1.807) is 7.05 Å². The summed E-state index contributed by atoms with van der Waals surface area (Å²) in [5, 5.41) is 8.28.